The number of rotatable bonds is 4. The summed E-state index contributed by atoms with van der Waals surface area (Å²) in [5.74, 6) is 1.55. The maximum Gasteiger partial charge on any atom is 0.337 e. The SMILES string of the molecule is COC(=O)c1ccc2c(c1)N(C[C@@H]1CC[C@H]1[C@@H]1C[C@H](O)[C@@H](C)CO1)CC1(CCCc3cc(Cl)ccc31)CO2. The van der Waals surface area contributed by atoms with E-state index in [1.165, 1.54) is 18.2 Å². The van der Waals surface area contributed by atoms with Crippen molar-refractivity contribution >= 4 is 23.3 Å². The van der Waals surface area contributed by atoms with Gasteiger partial charge in [-0.3, -0.25) is 0 Å². The van der Waals surface area contributed by atoms with Crippen LogP contribution in [0, 0.1) is 17.8 Å². The summed E-state index contributed by atoms with van der Waals surface area (Å²) in [6.07, 6.45) is 5.95. The number of carbonyl (C=O) groups is 1. The van der Waals surface area contributed by atoms with Gasteiger partial charge in [0, 0.05) is 35.9 Å². The maximum absolute atomic E-state index is 12.5. The Balaban J connectivity index is 1.33. The third kappa shape index (κ3) is 4.69. The molecule has 1 saturated carbocycles. The maximum atomic E-state index is 12.5. The molecule has 6 nitrogen and oxygen atoms in total. The molecule has 4 aliphatic rings. The van der Waals surface area contributed by atoms with Gasteiger partial charge in [0.1, 0.15) is 5.75 Å². The average molecular weight is 540 g/mol. The largest absolute Gasteiger partial charge is 0.490 e. The smallest absolute Gasteiger partial charge is 0.337 e. The molecule has 0 amide bonds. The molecule has 1 N–H and O–H groups in total. The van der Waals surface area contributed by atoms with Crippen LogP contribution in [0.5, 0.6) is 5.75 Å². The molecule has 2 aliphatic heterocycles. The summed E-state index contributed by atoms with van der Waals surface area (Å²) in [4.78, 5) is 14.9. The summed E-state index contributed by atoms with van der Waals surface area (Å²) < 4.78 is 17.8. The van der Waals surface area contributed by atoms with Crippen molar-refractivity contribution < 1.29 is 24.1 Å². The molecular weight excluding hydrogens is 502 g/mol. The number of nitrogens with zero attached hydrogens (tertiary/aromatic N) is 1. The van der Waals surface area contributed by atoms with Crippen molar-refractivity contribution in [2.24, 2.45) is 17.8 Å². The number of methoxy groups -OCH3 is 1. The quantitative estimate of drug-likeness (QED) is 0.524. The fourth-order valence-corrected chi connectivity index (χ4v) is 7.37. The highest BCUT2D eigenvalue weighted by Gasteiger charge is 2.45. The van der Waals surface area contributed by atoms with E-state index < -0.39 is 0 Å². The van der Waals surface area contributed by atoms with E-state index in [1.54, 1.807) is 6.07 Å². The lowest BCUT2D eigenvalue weighted by molar-refractivity contribution is -0.124. The van der Waals surface area contributed by atoms with Crippen LogP contribution in [0.3, 0.4) is 0 Å². The van der Waals surface area contributed by atoms with Crippen LogP contribution in [0.2, 0.25) is 5.02 Å². The molecule has 6 atom stereocenters. The lowest BCUT2D eigenvalue weighted by Gasteiger charge is -2.48. The van der Waals surface area contributed by atoms with Gasteiger partial charge in [-0.15, -0.1) is 0 Å². The van der Waals surface area contributed by atoms with Gasteiger partial charge in [0.2, 0.25) is 0 Å². The molecule has 2 aromatic carbocycles. The minimum atomic E-state index is -0.343. The van der Waals surface area contributed by atoms with E-state index >= 15 is 0 Å². The van der Waals surface area contributed by atoms with Crippen LogP contribution in [0.1, 0.15) is 60.5 Å². The Morgan fingerprint density at radius 3 is 2.87 bits per heavy atom. The molecule has 0 aromatic heterocycles. The third-order valence-corrected chi connectivity index (χ3v) is 9.81. The Kier molecular flexibility index (Phi) is 7.08. The summed E-state index contributed by atoms with van der Waals surface area (Å²) in [6, 6.07) is 11.9. The number of halogens is 1. The molecule has 0 radical (unpaired) electrons. The number of ether oxygens (including phenoxy) is 3. The molecule has 6 rings (SSSR count). The second-order valence-corrected chi connectivity index (χ2v) is 12.4. The zero-order valence-corrected chi connectivity index (χ0v) is 23.1. The van der Waals surface area contributed by atoms with Crippen LogP contribution < -0.4 is 9.64 Å². The molecule has 204 valence electrons. The van der Waals surface area contributed by atoms with Crippen molar-refractivity contribution in [2.75, 3.05) is 38.3 Å². The number of hydrogen-bond donors (Lipinski definition) is 1. The van der Waals surface area contributed by atoms with Gasteiger partial charge in [0.15, 0.2) is 0 Å². The second kappa shape index (κ2) is 10.4. The molecule has 2 fully saturated rings. The molecule has 2 heterocycles. The molecule has 1 unspecified atom stereocenters. The van der Waals surface area contributed by atoms with E-state index in [9.17, 15) is 9.90 Å². The van der Waals surface area contributed by atoms with E-state index in [0.29, 0.717) is 37.0 Å². The topological polar surface area (TPSA) is 68.2 Å². The Hall–Kier alpha value is -2.28. The molecule has 0 bridgehead atoms. The van der Waals surface area contributed by atoms with E-state index in [1.807, 2.05) is 18.2 Å². The number of aliphatic hydroxyl groups excluding tert-OH is 1. The number of anilines is 1. The number of benzene rings is 2. The molecular formula is C31H38ClNO5. The van der Waals surface area contributed by atoms with Gasteiger partial charge in [-0.05, 0) is 85.4 Å². The highest BCUT2D eigenvalue weighted by Crippen LogP contribution is 2.47. The Bertz CT molecular complexity index is 1200. The second-order valence-electron chi connectivity index (χ2n) is 11.9. The predicted molar refractivity (Wildman–Crippen MR) is 147 cm³/mol. The van der Waals surface area contributed by atoms with Gasteiger partial charge in [-0.25, -0.2) is 4.79 Å². The molecule has 7 heteroatoms. The van der Waals surface area contributed by atoms with Crippen molar-refractivity contribution in [3.63, 3.8) is 0 Å². The molecule has 1 spiro atoms. The van der Waals surface area contributed by atoms with Crippen LogP contribution in [-0.4, -0.2) is 56.7 Å². The van der Waals surface area contributed by atoms with E-state index in [4.69, 9.17) is 25.8 Å². The first-order valence-electron chi connectivity index (χ1n) is 14.1. The van der Waals surface area contributed by atoms with Crippen LogP contribution in [0.25, 0.3) is 0 Å². The minimum Gasteiger partial charge on any atom is -0.490 e. The molecule has 38 heavy (non-hydrogen) atoms. The Morgan fingerprint density at radius 2 is 2.11 bits per heavy atom. The lowest BCUT2D eigenvalue weighted by Crippen LogP contribution is -2.51. The van der Waals surface area contributed by atoms with Crippen LogP contribution in [0.15, 0.2) is 36.4 Å². The Labute approximate surface area is 230 Å². The van der Waals surface area contributed by atoms with Crippen LogP contribution in [0.4, 0.5) is 5.69 Å². The summed E-state index contributed by atoms with van der Waals surface area (Å²) in [5.41, 5.74) is 3.97. The number of aryl methyl sites for hydroxylation is 1. The van der Waals surface area contributed by atoms with E-state index in [2.05, 4.69) is 24.0 Å². The first-order chi connectivity index (χ1) is 18.4. The summed E-state index contributed by atoms with van der Waals surface area (Å²) in [7, 11) is 1.42. The number of carbonyl (C=O) groups excluding carboxylic acids is 1. The van der Waals surface area contributed by atoms with Gasteiger partial charge in [-0.1, -0.05) is 24.6 Å². The number of esters is 1. The number of hydrogen-bond acceptors (Lipinski definition) is 6. The van der Waals surface area contributed by atoms with Crippen molar-refractivity contribution in [2.45, 2.75) is 63.1 Å². The fraction of sp³-hybridized carbons (Fsp3) is 0.581. The monoisotopic (exact) mass is 539 g/mol. The molecule has 1 saturated heterocycles. The molecule has 2 aliphatic carbocycles. The van der Waals surface area contributed by atoms with Crippen LogP contribution >= 0.6 is 11.6 Å². The fourth-order valence-electron chi connectivity index (χ4n) is 7.18. The summed E-state index contributed by atoms with van der Waals surface area (Å²) >= 11 is 6.39. The zero-order valence-electron chi connectivity index (χ0n) is 22.3. The summed E-state index contributed by atoms with van der Waals surface area (Å²) in [5, 5.41) is 11.3. The standard InChI is InChI=1S/C31H38ClNO5/c1-19-16-37-29(14-27(19)34)24-8-5-22(24)15-33-17-31(11-3-4-20-12-23(32)7-9-25(20)31)18-38-28-10-6-21(13-26(28)33)30(35)36-2/h6-7,9-10,12-13,19,22,24,27,29,34H,3-5,8,11,14-18H2,1-2H3/t19-,22-,24+,27-,29-,31?/m0/s1. The highest BCUT2D eigenvalue weighted by molar-refractivity contribution is 6.30. The van der Waals surface area contributed by atoms with E-state index in [0.717, 1.165) is 61.7 Å². The normalized spacial score (nSPS) is 32.4. The van der Waals surface area contributed by atoms with Crippen molar-refractivity contribution in [3.8, 4) is 5.75 Å². The van der Waals surface area contributed by atoms with Gasteiger partial charge in [-0.2, -0.15) is 0 Å². The zero-order chi connectivity index (χ0) is 26.4. The lowest BCUT2D eigenvalue weighted by atomic mass is 9.67. The minimum absolute atomic E-state index is 0.107. The third-order valence-electron chi connectivity index (χ3n) is 9.57. The van der Waals surface area contributed by atoms with Gasteiger partial charge in [0.05, 0.1) is 43.8 Å². The number of aliphatic hydroxyl groups is 1. The van der Waals surface area contributed by atoms with Crippen molar-refractivity contribution in [3.05, 3.63) is 58.1 Å². The summed E-state index contributed by atoms with van der Waals surface area (Å²) in [6.45, 7) is 4.95. The van der Waals surface area contributed by atoms with Gasteiger partial charge >= 0.3 is 5.97 Å². The van der Waals surface area contributed by atoms with Crippen LogP contribution in [-0.2, 0) is 21.3 Å². The average Bonchev–Trinajstić information content (AvgIpc) is 3.05. The molecule has 2 aromatic rings. The van der Waals surface area contributed by atoms with Crippen molar-refractivity contribution in [1.82, 2.24) is 0 Å². The first kappa shape index (κ1) is 26.0. The predicted octanol–water partition coefficient (Wildman–Crippen LogP) is 5.41. The van der Waals surface area contributed by atoms with Crippen molar-refractivity contribution in [1.29, 1.82) is 0 Å². The highest BCUT2D eigenvalue weighted by atomic mass is 35.5. The Morgan fingerprint density at radius 1 is 1.24 bits per heavy atom. The van der Waals surface area contributed by atoms with Gasteiger partial charge in [0.25, 0.3) is 0 Å². The van der Waals surface area contributed by atoms with Gasteiger partial charge < -0.3 is 24.2 Å². The first-order valence-corrected chi connectivity index (χ1v) is 14.4. The number of fused-ring (bicyclic) bond motifs is 3. The van der Waals surface area contributed by atoms with E-state index in [-0.39, 0.29) is 29.5 Å².